The van der Waals surface area contributed by atoms with Crippen LogP contribution in [0.3, 0.4) is 0 Å². The van der Waals surface area contributed by atoms with E-state index in [1.54, 1.807) is 12.1 Å². The van der Waals surface area contributed by atoms with E-state index in [2.05, 4.69) is 23.9 Å². The van der Waals surface area contributed by atoms with Gasteiger partial charge in [-0.15, -0.1) is 0 Å². The first-order valence-electron chi connectivity index (χ1n) is 8.85. The van der Waals surface area contributed by atoms with Crippen LogP contribution in [0.5, 0.6) is 0 Å². The van der Waals surface area contributed by atoms with Crippen molar-refractivity contribution >= 4 is 51.4 Å². The molecule has 0 unspecified atom stereocenters. The molecular weight excluding hydrogens is 394 g/mol. The van der Waals surface area contributed by atoms with Gasteiger partial charge < -0.3 is 4.57 Å². The van der Waals surface area contributed by atoms with Crippen molar-refractivity contribution in [1.29, 1.82) is 5.41 Å². The fourth-order valence-electron chi connectivity index (χ4n) is 2.98. The Morgan fingerprint density at radius 2 is 2.11 bits per heavy atom. The first kappa shape index (κ1) is 18.7. The zero-order valence-electron chi connectivity index (χ0n) is 15.4. The standard InChI is InChI=1S/C20H18ClN5OS/c1-12(2)9-17-24-26-18(22)16(19(27)23-20(26)28-17)11-15-7-4-8-25(15)14-6-3-5-13(21)10-14/h3-8,10-12,22H,9H2,1-2H3/b16-11+,22-18?. The van der Waals surface area contributed by atoms with Gasteiger partial charge in [-0.2, -0.15) is 15.1 Å². The van der Waals surface area contributed by atoms with Gasteiger partial charge in [0.15, 0.2) is 5.84 Å². The molecule has 3 heterocycles. The average molecular weight is 412 g/mol. The van der Waals surface area contributed by atoms with Crippen LogP contribution in [0.15, 0.2) is 58.3 Å². The van der Waals surface area contributed by atoms with E-state index in [1.807, 2.05) is 41.1 Å². The largest absolute Gasteiger partial charge is 0.317 e. The maximum absolute atomic E-state index is 12.6. The number of thioether (sulfide) groups is 1. The summed E-state index contributed by atoms with van der Waals surface area (Å²) in [5, 5.41) is 16.4. The van der Waals surface area contributed by atoms with Crippen LogP contribution in [0, 0.1) is 11.3 Å². The number of rotatable bonds is 4. The molecule has 1 N–H and O–H groups in total. The fourth-order valence-corrected chi connectivity index (χ4v) is 4.27. The van der Waals surface area contributed by atoms with Gasteiger partial charge in [0.25, 0.3) is 5.91 Å². The molecule has 0 aliphatic carbocycles. The number of hydrazone groups is 1. The molecule has 1 aromatic carbocycles. The number of carbonyl (C=O) groups is 1. The van der Waals surface area contributed by atoms with E-state index in [9.17, 15) is 4.79 Å². The van der Waals surface area contributed by atoms with Crippen LogP contribution in [0.25, 0.3) is 11.8 Å². The second-order valence-electron chi connectivity index (χ2n) is 6.89. The third-order valence-corrected chi connectivity index (χ3v) is 5.40. The number of carbonyl (C=O) groups excluding carboxylic acids is 1. The molecule has 1 amide bonds. The number of amides is 1. The minimum Gasteiger partial charge on any atom is -0.317 e. The molecule has 0 bridgehead atoms. The fraction of sp³-hybridized carbons (Fsp3) is 0.200. The molecule has 0 spiro atoms. The highest BCUT2D eigenvalue weighted by Crippen LogP contribution is 2.30. The first-order chi connectivity index (χ1) is 13.4. The summed E-state index contributed by atoms with van der Waals surface area (Å²) in [7, 11) is 0. The maximum atomic E-state index is 12.6. The van der Waals surface area contributed by atoms with Crippen LogP contribution < -0.4 is 0 Å². The molecule has 8 heteroatoms. The summed E-state index contributed by atoms with van der Waals surface area (Å²) in [5.74, 6) is 0.0535. The first-order valence-corrected chi connectivity index (χ1v) is 10.0. The Morgan fingerprint density at radius 3 is 2.86 bits per heavy atom. The predicted molar refractivity (Wildman–Crippen MR) is 115 cm³/mol. The second-order valence-corrected chi connectivity index (χ2v) is 8.37. The molecule has 0 radical (unpaired) electrons. The summed E-state index contributed by atoms with van der Waals surface area (Å²) in [5.41, 5.74) is 1.84. The second kappa shape index (κ2) is 7.41. The lowest BCUT2D eigenvalue weighted by molar-refractivity contribution is -0.114. The molecule has 1 aromatic heterocycles. The normalized spacial score (nSPS) is 18.0. The summed E-state index contributed by atoms with van der Waals surface area (Å²) < 4.78 is 1.91. The highest BCUT2D eigenvalue weighted by Gasteiger charge is 2.35. The van der Waals surface area contributed by atoms with Gasteiger partial charge in [-0.05, 0) is 54.1 Å². The summed E-state index contributed by atoms with van der Waals surface area (Å²) in [4.78, 5) is 16.7. The zero-order valence-corrected chi connectivity index (χ0v) is 17.0. The van der Waals surface area contributed by atoms with Gasteiger partial charge in [0.1, 0.15) is 5.04 Å². The van der Waals surface area contributed by atoms with E-state index in [1.165, 1.54) is 16.8 Å². The van der Waals surface area contributed by atoms with E-state index in [0.717, 1.165) is 22.8 Å². The number of hydrogen-bond acceptors (Lipinski definition) is 4. The van der Waals surface area contributed by atoms with Crippen LogP contribution >= 0.6 is 23.4 Å². The third kappa shape index (κ3) is 3.55. The smallest absolute Gasteiger partial charge is 0.283 e. The van der Waals surface area contributed by atoms with E-state index in [4.69, 9.17) is 17.0 Å². The summed E-state index contributed by atoms with van der Waals surface area (Å²) in [6, 6.07) is 11.2. The molecule has 2 aliphatic rings. The van der Waals surface area contributed by atoms with Crippen LogP contribution in [0.2, 0.25) is 5.02 Å². The van der Waals surface area contributed by atoms with Gasteiger partial charge in [0, 0.05) is 29.0 Å². The van der Waals surface area contributed by atoms with Gasteiger partial charge in [-0.1, -0.05) is 31.5 Å². The topological polar surface area (TPSA) is 73.8 Å². The number of aromatic nitrogens is 1. The summed E-state index contributed by atoms with van der Waals surface area (Å²) in [6.07, 6.45) is 4.35. The van der Waals surface area contributed by atoms with Crippen molar-refractivity contribution in [2.75, 3.05) is 0 Å². The molecule has 6 nitrogen and oxygen atoms in total. The molecule has 0 saturated heterocycles. The molecule has 142 valence electrons. The van der Waals surface area contributed by atoms with Crippen molar-refractivity contribution in [2.24, 2.45) is 16.0 Å². The van der Waals surface area contributed by atoms with Gasteiger partial charge in [0.2, 0.25) is 5.17 Å². The lowest BCUT2D eigenvalue weighted by Crippen LogP contribution is -2.35. The Bertz CT molecular complexity index is 1070. The molecule has 28 heavy (non-hydrogen) atoms. The lowest BCUT2D eigenvalue weighted by Gasteiger charge is -2.20. The number of nitrogens with zero attached hydrogens (tertiary/aromatic N) is 4. The van der Waals surface area contributed by atoms with Gasteiger partial charge in [-0.3, -0.25) is 10.2 Å². The quantitative estimate of drug-likeness (QED) is 0.734. The van der Waals surface area contributed by atoms with Gasteiger partial charge in [-0.25, -0.2) is 0 Å². The number of aliphatic imine (C=N–C) groups is 1. The highest BCUT2D eigenvalue weighted by atomic mass is 35.5. The Hall–Kier alpha value is -2.64. The minimum atomic E-state index is -0.427. The monoisotopic (exact) mass is 411 g/mol. The number of hydrogen-bond donors (Lipinski definition) is 1. The highest BCUT2D eigenvalue weighted by molar-refractivity contribution is 8.26. The van der Waals surface area contributed by atoms with Gasteiger partial charge in [0.05, 0.1) is 5.57 Å². The van der Waals surface area contributed by atoms with Crippen LogP contribution in [-0.2, 0) is 4.79 Å². The Balaban J connectivity index is 1.69. The Labute approximate surface area is 172 Å². The van der Waals surface area contributed by atoms with Crippen LogP contribution in [-0.4, -0.2) is 31.5 Å². The van der Waals surface area contributed by atoms with Crippen LogP contribution in [0.4, 0.5) is 0 Å². The van der Waals surface area contributed by atoms with Crippen molar-refractivity contribution < 1.29 is 4.79 Å². The molecule has 2 aliphatic heterocycles. The van der Waals surface area contributed by atoms with E-state index < -0.39 is 5.91 Å². The Morgan fingerprint density at radius 1 is 1.29 bits per heavy atom. The number of amidine groups is 2. The average Bonchev–Trinajstić information content (AvgIpc) is 3.24. The summed E-state index contributed by atoms with van der Waals surface area (Å²) in [6.45, 7) is 4.21. The molecule has 4 rings (SSSR count). The van der Waals surface area contributed by atoms with E-state index >= 15 is 0 Å². The van der Waals surface area contributed by atoms with Crippen molar-refractivity contribution in [3.05, 3.63) is 58.9 Å². The molecule has 0 atom stereocenters. The molecule has 2 aromatic rings. The van der Waals surface area contributed by atoms with Crippen molar-refractivity contribution in [3.8, 4) is 5.69 Å². The lowest BCUT2D eigenvalue weighted by atomic mass is 10.1. The Kier molecular flexibility index (Phi) is 4.95. The number of halogens is 1. The molecule has 0 saturated carbocycles. The van der Waals surface area contributed by atoms with Crippen molar-refractivity contribution in [2.45, 2.75) is 20.3 Å². The number of nitrogens with one attached hydrogen (secondary N) is 1. The summed E-state index contributed by atoms with van der Waals surface area (Å²) >= 11 is 7.46. The number of fused-ring (bicyclic) bond motifs is 1. The zero-order chi connectivity index (χ0) is 19.8. The third-order valence-electron chi connectivity index (χ3n) is 4.24. The van der Waals surface area contributed by atoms with Crippen molar-refractivity contribution in [3.63, 3.8) is 0 Å². The molecular formula is C20H18ClN5OS. The van der Waals surface area contributed by atoms with Crippen LogP contribution in [0.1, 0.15) is 26.0 Å². The van der Waals surface area contributed by atoms with E-state index in [-0.39, 0.29) is 11.4 Å². The molecule has 0 fully saturated rings. The SMILES string of the molecule is CC(C)CC1=NN2C(=N)/C(=C\c3cccn3-c3cccc(Cl)c3)C(=O)N=C2S1. The maximum Gasteiger partial charge on any atom is 0.283 e. The van der Waals surface area contributed by atoms with E-state index in [0.29, 0.717) is 16.1 Å². The predicted octanol–water partition coefficient (Wildman–Crippen LogP) is 4.80. The van der Waals surface area contributed by atoms with Gasteiger partial charge >= 0.3 is 0 Å². The number of benzene rings is 1. The minimum absolute atomic E-state index is 0.0418. The van der Waals surface area contributed by atoms with Crippen molar-refractivity contribution in [1.82, 2.24) is 9.58 Å².